The number of amides is 1. The minimum atomic E-state index is -5.08. The van der Waals surface area contributed by atoms with E-state index >= 15 is 0 Å². The summed E-state index contributed by atoms with van der Waals surface area (Å²) in [4.78, 5) is 30.5. The van der Waals surface area contributed by atoms with Crippen molar-refractivity contribution < 1.29 is 32.6 Å². The van der Waals surface area contributed by atoms with E-state index in [-0.39, 0.29) is 11.3 Å². The molecule has 2 aliphatic rings. The average Bonchev–Trinajstić information content (AvgIpc) is 3.44. The molecule has 2 aromatic rings. The van der Waals surface area contributed by atoms with Gasteiger partial charge in [-0.15, -0.1) is 11.3 Å². The number of rotatable bonds is 3. The van der Waals surface area contributed by atoms with Gasteiger partial charge in [0, 0.05) is 42.0 Å². The number of nitrogens with zero attached hydrogens (tertiary/aromatic N) is 3. The summed E-state index contributed by atoms with van der Waals surface area (Å²) in [7, 11) is 0. The maximum absolute atomic E-state index is 12.7. The SMILES string of the molecule is O=C(O)C(F)(F)F.O=C(c1ccsc1)N1CCOCC2(CCN(Cc3nccs3)C2)C1. The van der Waals surface area contributed by atoms with Crippen molar-refractivity contribution in [2.24, 2.45) is 5.41 Å². The van der Waals surface area contributed by atoms with E-state index in [0.29, 0.717) is 13.2 Å². The Balaban J connectivity index is 0.000000339. The number of carbonyl (C=O) groups excluding carboxylic acids is 1. The molecular formula is C19H22F3N3O4S2. The first-order valence-electron chi connectivity index (χ1n) is 9.49. The van der Waals surface area contributed by atoms with Gasteiger partial charge < -0.3 is 14.7 Å². The Hall–Kier alpha value is -2.02. The van der Waals surface area contributed by atoms with Gasteiger partial charge in [0.2, 0.25) is 0 Å². The van der Waals surface area contributed by atoms with Gasteiger partial charge in [0.15, 0.2) is 0 Å². The van der Waals surface area contributed by atoms with Crippen LogP contribution in [-0.4, -0.2) is 77.3 Å². The maximum Gasteiger partial charge on any atom is 0.490 e. The molecule has 7 nitrogen and oxygen atoms in total. The van der Waals surface area contributed by atoms with Crippen molar-refractivity contribution in [1.29, 1.82) is 0 Å². The van der Waals surface area contributed by atoms with E-state index in [4.69, 9.17) is 14.6 Å². The van der Waals surface area contributed by atoms with Crippen molar-refractivity contribution in [3.8, 4) is 0 Å². The molecule has 0 saturated carbocycles. The number of hydrogen-bond acceptors (Lipinski definition) is 7. The molecule has 12 heteroatoms. The van der Waals surface area contributed by atoms with E-state index in [1.165, 1.54) is 0 Å². The molecule has 2 aromatic heterocycles. The molecule has 0 bridgehead atoms. The Morgan fingerprint density at radius 3 is 2.65 bits per heavy atom. The van der Waals surface area contributed by atoms with Crippen LogP contribution >= 0.6 is 22.7 Å². The molecule has 4 heterocycles. The molecule has 2 aliphatic heterocycles. The molecule has 0 aromatic carbocycles. The number of aliphatic carboxylic acids is 1. The predicted octanol–water partition coefficient (Wildman–Crippen LogP) is 3.20. The second-order valence-electron chi connectivity index (χ2n) is 7.48. The largest absolute Gasteiger partial charge is 0.490 e. The summed E-state index contributed by atoms with van der Waals surface area (Å²) in [6.45, 7) is 5.76. The average molecular weight is 478 g/mol. The molecule has 0 aliphatic carbocycles. The quantitative estimate of drug-likeness (QED) is 0.731. The zero-order valence-corrected chi connectivity index (χ0v) is 18.1. The van der Waals surface area contributed by atoms with Gasteiger partial charge in [-0.2, -0.15) is 24.5 Å². The molecule has 2 saturated heterocycles. The van der Waals surface area contributed by atoms with Crippen LogP contribution in [0.5, 0.6) is 0 Å². The summed E-state index contributed by atoms with van der Waals surface area (Å²) in [6.07, 6.45) is -2.15. The molecule has 1 spiro atoms. The smallest absolute Gasteiger partial charge is 0.475 e. The summed E-state index contributed by atoms with van der Waals surface area (Å²) in [6, 6.07) is 1.91. The van der Waals surface area contributed by atoms with Gasteiger partial charge in [-0.05, 0) is 24.4 Å². The van der Waals surface area contributed by atoms with Crippen LogP contribution < -0.4 is 0 Å². The van der Waals surface area contributed by atoms with Crippen LogP contribution in [0.1, 0.15) is 21.8 Å². The number of carboxylic acid groups (broad SMARTS) is 1. The summed E-state index contributed by atoms with van der Waals surface area (Å²) in [5.74, 6) is -2.62. The fourth-order valence-electron chi connectivity index (χ4n) is 3.67. The highest BCUT2D eigenvalue weighted by Crippen LogP contribution is 2.34. The molecule has 4 rings (SSSR count). The molecular weight excluding hydrogens is 455 g/mol. The Bertz CT molecular complexity index is 861. The first-order chi connectivity index (χ1) is 14.7. The fourth-order valence-corrected chi connectivity index (χ4v) is 4.95. The number of thiophene rings is 1. The summed E-state index contributed by atoms with van der Waals surface area (Å²) < 4.78 is 37.6. The van der Waals surface area contributed by atoms with Gasteiger partial charge in [-0.25, -0.2) is 9.78 Å². The number of hydrogen-bond donors (Lipinski definition) is 1. The number of carbonyl (C=O) groups is 2. The first kappa shape index (κ1) is 23.6. The van der Waals surface area contributed by atoms with Crippen molar-refractivity contribution in [2.45, 2.75) is 19.1 Å². The predicted molar refractivity (Wildman–Crippen MR) is 109 cm³/mol. The van der Waals surface area contributed by atoms with Crippen molar-refractivity contribution in [2.75, 3.05) is 39.4 Å². The molecule has 170 valence electrons. The standard InChI is InChI=1S/C17H21N3O2S2.C2HF3O2/c21-16(14-1-7-23-10-14)20-5-6-22-13-17(12-20)2-4-19(11-17)9-15-18-3-8-24-15;3-2(4,5)1(6)7/h1,3,7-8,10H,2,4-6,9,11-13H2;(H,6,7). The number of aromatic nitrogens is 1. The highest BCUT2D eigenvalue weighted by atomic mass is 32.1. The number of thiazole rings is 1. The molecule has 31 heavy (non-hydrogen) atoms. The minimum absolute atomic E-state index is 0.0550. The Morgan fingerprint density at radius 1 is 1.26 bits per heavy atom. The Labute approximate surface area is 185 Å². The number of carboxylic acids is 1. The molecule has 2 fully saturated rings. The van der Waals surface area contributed by atoms with Gasteiger partial charge in [0.1, 0.15) is 5.01 Å². The highest BCUT2D eigenvalue weighted by Gasteiger charge is 2.42. The fraction of sp³-hybridized carbons (Fsp3) is 0.526. The third-order valence-corrected chi connectivity index (χ3v) is 6.55. The lowest BCUT2D eigenvalue weighted by Gasteiger charge is -2.31. The van der Waals surface area contributed by atoms with Crippen LogP contribution in [0.15, 0.2) is 28.4 Å². The van der Waals surface area contributed by atoms with Gasteiger partial charge in [0.25, 0.3) is 5.91 Å². The van der Waals surface area contributed by atoms with Crippen LogP contribution in [0.2, 0.25) is 0 Å². The summed E-state index contributed by atoms with van der Waals surface area (Å²) in [5, 5.41) is 14.2. The number of ether oxygens (including phenoxy) is 1. The summed E-state index contributed by atoms with van der Waals surface area (Å²) >= 11 is 3.28. The molecule has 1 amide bonds. The monoisotopic (exact) mass is 477 g/mol. The van der Waals surface area contributed by atoms with Crippen molar-refractivity contribution in [1.82, 2.24) is 14.8 Å². The van der Waals surface area contributed by atoms with Gasteiger partial charge in [0.05, 0.1) is 25.3 Å². The van der Waals surface area contributed by atoms with Crippen LogP contribution in [0.25, 0.3) is 0 Å². The minimum Gasteiger partial charge on any atom is -0.475 e. The zero-order valence-electron chi connectivity index (χ0n) is 16.5. The summed E-state index contributed by atoms with van der Waals surface area (Å²) in [5.41, 5.74) is 0.856. The topological polar surface area (TPSA) is 83.0 Å². The van der Waals surface area contributed by atoms with Gasteiger partial charge in [-0.3, -0.25) is 9.69 Å². The third kappa shape index (κ3) is 6.48. The van der Waals surface area contributed by atoms with Crippen LogP contribution in [-0.2, 0) is 16.1 Å². The van der Waals surface area contributed by atoms with Crippen LogP contribution in [0, 0.1) is 5.41 Å². The lowest BCUT2D eigenvalue weighted by Crippen LogP contribution is -2.43. The lowest BCUT2D eigenvalue weighted by molar-refractivity contribution is -0.192. The third-order valence-electron chi connectivity index (χ3n) is 5.10. The van der Waals surface area contributed by atoms with Gasteiger partial charge in [-0.1, -0.05) is 0 Å². The molecule has 1 atom stereocenters. The van der Waals surface area contributed by atoms with Gasteiger partial charge >= 0.3 is 12.1 Å². The highest BCUT2D eigenvalue weighted by molar-refractivity contribution is 7.09. The molecule has 0 radical (unpaired) electrons. The second-order valence-corrected chi connectivity index (χ2v) is 9.24. The number of alkyl halides is 3. The lowest BCUT2D eigenvalue weighted by atomic mass is 9.87. The van der Waals surface area contributed by atoms with Crippen molar-refractivity contribution in [3.05, 3.63) is 39.0 Å². The molecule has 1 N–H and O–H groups in total. The Morgan fingerprint density at radius 2 is 2.03 bits per heavy atom. The second kappa shape index (κ2) is 10.1. The van der Waals surface area contributed by atoms with E-state index in [1.54, 1.807) is 22.7 Å². The normalized spacial score (nSPS) is 22.1. The molecule has 1 unspecified atom stereocenters. The zero-order chi connectivity index (χ0) is 22.5. The Kier molecular flexibility index (Phi) is 7.68. The van der Waals surface area contributed by atoms with E-state index in [2.05, 4.69) is 9.88 Å². The van der Waals surface area contributed by atoms with Crippen molar-refractivity contribution in [3.63, 3.8) is 0 Å². The van der Waals surface area contributed by atoms with E-state index in [0.717, 1.165) is 49.8 Å². The van der Waals surface area contributed by atoms with Crippen LogP contribution in [0.3, 0.4) is 0 Å². The number of likely N-dealkylation sites (tertiary alicyclic amines) is 1. The van der Waals surface area contributed by atoms with E-state index in [9.17, 15) is 18.0 Å². The van der Waals surface area contributed by atoms with E-state index in [1.807, 2.05) is 33.3 Å². The first-order valence-corrected chi connectivity index (χ1v) is 11.3. The van der Waals surface area contributed by atoms with E-state index < -0.39 is 12.1 Å². The number of halogens is 3. The maximum atomic E-state index is 12.7. The van der Waals surface area contributed by atoms with Crippen molar-refractivity contribution >= 4 is 34.6 Å². The van der Waals surface area contributed by atoms with Crippen LogP contribution in [0.4, 0.5) is 13.2 Å².